The van der Waals surface area contributed by atoms with Gasteiger partial charge in [-0.1, -0.05) is 27.5 Å². The second-order valence-corrected chi connectivity index (χ2v) is 4.93. The van der Waals surface area contributed by atoms with Crippen LogP contribution in [0.15, 0.2) is 52.0 Å². The molecule has 0 unspecified atom stereocenters. The zero-order chi connectivity index (χ0) is 13.0. The van der Waals surface area contributed by atoms with Crippen LogP contribution in [0.25, 0.3) is 0 Å². The minimum Gasteiger partial charge on any atom is -0.507 e. The minimum absolute atomic E-state index is 0.180. The van der Waals surface area contributed by atoms with Crippen LogP contribution < -0.4 is 5.43 Å². The standard InChI is InChI=1S/C13H10BrClN2O/c14-10-1-6-13(18)9(7-10)8-16-17-12-4-2-11(15)3-5-12/h1-8,17-18H/b16-8+. The number of nitrogens with one attached hydrogen (secondary N) is 1. The number of benzene rings is 2. The summed E-state index contributed by atoms with van der Waals surface area (Å²) in [5.41, 5.74) is 4.31. The maximum absolute atomic E-state index is 9.61. The Bertz CT molecular complexity index is 570. The van der Waals surface area contributed by atoms with Crippen LogP contribution >= 0.6 is 27.5 Å². The molecule has 0 bridgehead atoms. The highest BCUT2D eigenvalue weighted by molar-refractivity contribution is 9.10. The van der Waals surface area contributed by atoms with Gasteiger partial charge in [0, 0.05) is 15.1 Å². The summed E-state index contributed by atoms with van der Waals surface area (Å²) in [6, 6.07) is 12.3. The number of phenolic OH excluding ortho intramolecular Hbond substituents is 1. The Morgan fingerprint density at radius 1 is 1.17 bits per heavy atom. The first-order chi connectivity index (χ1) is 8.65. The molecular weight excluding hydrogens is 316 g/mol. The number of anilines is 1. The van der Waals surface area contributed by atoms with Crippen LogP contribution in [0.4, 0.5) is 5.69 Å². The smallest absolute Gasteiger partial charge is 0.124 e. The fourth-order valence-corrected chi connectivity index (χ4v) is 1.83. The van der Waals surface area contributed by atoms with Gasteiger partial charge in [0.15, 0.2) is 0 Å². The Morgan fingerprint density at radius 2 is 1.89 bits per heavy atom. The van der Waals surface area contributed by atoms with Gasteiger partial charge in [0.1, 0.15) is 5.75 Å². The predicted molar refractivity (Wildman–Crippen MR) is 78.5 cm³/mol. The Morgan fingerprint density at radius 3 is 2.61 bits per heavy atom. The average molecular weight is 326 g/mol. The molecule has 0 saturated heterocycles. The molecule has 5 heteroatoms. The molecule has 0 spiro atoms. The Kier molecular flexibility index (Phi) is 4.23. The fourth-order valence-electron chi connectivity index (χ4n) is 1.33. The lowest BCUT2D eigenvalue weighted by Gasteiger charge is -2.01. The van der Waals surface area contributed by atoms with E-state index in [0.29, 0.717) is 10.6 Å². The predicted octanol–water partition coefficient (Wildman–Crippen LogP) is 4.25. The maximum Gasteiger partial charge on any atom is 0.124 e. The molecule has 0 amide bonds. The number of hydrogen-bond donors (Lipinski definition) is 2. The number of hydrazone groups is 1. The van der Waals surface area contributed by atoms with Crippen LogP contribution in [0.3, 0.4) is 0 Å². The van der Waals surface area contributed by atoms with Crippen molar-refractivity contribution in [3.05, 3.63) is 57.5 Å². The fraction of sp³-hybridized carbons (Fsp3) is 0. The largest absolute Gasteiger partial charge is 0.507 e. The van der Waals surface area contributed by atoms with Crippen molar-refractivity contribution in [3.8, 4) is 5.75 Å². The van der Waals surface area contributed by atoms with Crippen LogP contribution in [-0.2, 0) is 0 Å². The third-order valence-corrected chi connectivity index (χ3v) is 2.98. The first-order valence-corrected chi connectivity index (χ1v) is 6.35. The van der Waals surface area contributed by atoms with Crippen molar-refractivity contribution in [2.45, 2.75) is 0 Å². The Hall–Kier alpha value is -1.52. The van der Waals surface area contributed by atoms with E-state index in [0.717, 1.165) is 10.2 Å². The molecule has 18 heavy (non-hydrogen) atoms. The van der Waals surface area contributed by atoms with E-state index in [9.17, 15) is 5.11 Å². The molecule has 0 aliphatic heterocycles. The molecule has 2 rings (SSSR count). The molecule has 3 nitrogen and oxygen atoms in total. The summed E-state index contributed by atoms with van der Waals surface area (Å²) in [4.78, 5) is 0. The summed E-state index contributed by atoms with van der Waals surface area (Å²) in [6.45, 7) is 0. The first kappa shape index (κ1) is 12.9. The van der Waals surface area contributed by atoms with Crippen LogP contribution in [-0.4, -0.2) is 11.3 Å². The van der Waals surface area contributed by atoms with Crippen molar-refractivity contribution >= 4 is 39.4 Å². The van der Waals surface area contributed by atoms with E-state index >= 15 is 0 Å². The highest BCUT2D eigenvalue weighted by atomic mass is 79.9. The van der Waals surface area contributed by atoms with Crippen LogP contribution in [0.2, 0.25) is 5.02 Å². The lowest BCUT2D eigenvalue weighted by atomic mass is 10.2. The van der Waals surface area contributed by atoms with E-state index in [1.54, 1.807) is 36.5 Å². The molecule has 0 aromatic heterocycles. The van der Waals surface area contributed by atoms with Gasteiger partial charge in [-0.25, -0.2) is 0 Å². The summed E-state index contributed by atoms with van der Waals surface area (Å²) in [7, 11) is 0. The van der Waals surface area contributed by atoms with Crippen molar-refractivity contribution in [3.63, 3.8) is 0 Å². The van der Waals surface area contributed by atoms with Crippen molar-refractivity contribution in [1.82, 2.24) is 0 Å². The molecule has 2 N–H and O–H groups in total. The van der Waals surface area contributed by atoms with Gasteiger partial charge in [-0.05, 0) is 42.5 Å². The topological polar surface area (TPSA) is 44.6 Å². The third kappa shape index (κ3) is 3.48. The number of rotatable bonds is 3. The van der Waals surface area contributed by atoms with Gasteiger partial charge in [-0.3, -0.25) is 5.43 Å². The van der Waals surface area contributed by atoms with Gasteiger partial charge in [-0.15, -0.1) is 0 Å². The van der Waals surface area contributed by atoms with Crippen molar-refractivity contribution in [1.29, 1.82) is 0 Å². The van der Waals surface area contributed by atoms with E-state index in [2.05, 4.69) is 26.5 Å². The lowest BCUT2D eigenvalue weighted by Crippen LogP contribution is -1.90. The molecule has 0 radical (unpaired) electrons. The molecule has 0 fully saturated rings. The van der Waals surface area contributed by atoms with Crippen molar-refractivity contribution < 1.29 is 5.11 Å². The van der Waals surface area contributed by atoms with E-state index < -0.39 is 0 Å². The van der Waals surface area contributed by atoms with E-state index in [-0.39, 0.29) is 5.75 Å². The average Bonchev–Trinajstić information content (AvgIpc) is 2.36. The number of phenols is 1. The highest BCUT2D eigenvalue weighted by Crippen LogP contribution is 2.20. The SMILES string of the molecule is Oc1ccc(Br)cc1/C=N/Nc1ccc(Cl)cc1. The number of halogens is 2. The molecular formula is C13H10BrClN2O. The van der Waals surface area contributed by atoms with Gasteiger partial charge in [0.05, 0.1) is 11.9 Å². The summed E-state index contributed by atoms with van der Waals surface area (Å²) in [5.74, 6) is 0.180. The minimum atomic E-state index is 0.180. The van der Waals surface area contributed by atoms with E-state index in [1.165, 1.54) is 0 Å². The maximum atomic E-state index is 9.61. The van der Waals surface area contributed by atoms with Crippen LogP contribution in [0.5, 0.6) is 5.75 Å². The Labute approximate surface area is 118 Å². The van der Waals surface area contributed by atoms with Crippen LogP contribution in [0.1, 0.15) is 5.56 Å². The van der Waals surface area contributed by atoms with Crippen molar-refractivity contribution in [2.75, 3.05) is 5.43 Å². The van der Waals surface area contributed by atoms with Gasteiger partial charge >= 0.3 is 0 Å². The molecule has 0 aliphatic carbocycles. The van der Waals surface area contributed by atoms with E-state index in [1.807, 2.05) is 12.1 Å². The zero-order valence-corrected chi connectivity index (χ0v) is 11.6. The van der Waals surface area contributed by atoms with Gasteiger partial charge < -0.3 is 5.11 Å². The summed E-state index contributed by atoms with van der Waals surface area (Å²) in [5, 5.41) is 14.3. The molecule has 0 aliphatic rings. The van der Waals surface area contributed by atoms with Crippen LogP contribution in [0, 0.1) is 0 Å². The van der Waals surface area contributed by atoms with Gasteiger partial charge in [0.2, 0.25) is 0 Å². The second-order valence-electron chi connectivity index (χ2n) is 3.58. The molecule has 0 saturated carbocycles. The molecule has 2 aromatic rings. The van der Waals surface area contributed by atoms with Gasteiger partial charge in [-0.2, -0.15) is 5.10 Å². The molecule has 92 valence electrons. The lowest BCUT2D eigenvalue weighted by molar-refractivity contribution is 0.474. The zero-order valence-electron chi connectivity index (χ0n) is 9.27. The Balaban J connectivity index is 2.07. The molecule has 2 aromatic carbocycles. The third-order valence-electron chi connectivity index (χ3n) is 2.23. The quantitative estimate of drug-likeness (QED) is 0.654. The summed E-state index contributed by atoms with van der Waals surface area (Å²) < 4.78 is 0.883. The van der Waals surface area contributed by atoms with Gasteiger partial charge in [0.25, 0.3) is 0 Å². The first-order valence-electron chi connectivity index (χ1n) is 5.18. The normalized spacial score (nSPS) is 10.8. The summed E-state index contributed by atoms with van der Waals surface area (Å²) in [6.07, 6.45) is 1.55. The monoisotopic (exact) mass is 324 g/mol. The molecule has 0 atom stereocenters. The number of hydrogen-bond acceptors (Lipinski definition) is 3. The molecule has 0 heterocycles. The number of nitrogens with zero attached hydrogens (tertiary/aromatic N) is 1. The number of aromatic hydroxyl groups is 1. The van der Waals surface area contributed by atoms with Crippen molar-refractivity contribution in [2.24, 2.45) is 5.10 Å². The highest BCUT2D eigenvalue weighted by Gasteiger charge is 1.98. The summed E-state index contributed by atoms with van der Waals surface area (Å²) >= 11 is 9.11. The van der Waals surface area contributed by atoms with E-state index in [4.69, 9.17) is 11.6 Å². The second kappa shape index (κ2) is 5.89.